The Morgan fingerprint density at radius 3 is 2.08 bits per heavy atom. The second kappa shape index (κ2) is 4.45. The molecule has 0 amide bonds. The van der Waals surface area contributed by atoms with Gasteiger partial charge in [0.05, 0.1) is 0 Å². The largest absolute Gasteiger partial charge is 0.295 e. The Bertz CT molecular complexity index is 441. The van der Waals surface area contributed by atoms with Gasteiger partial charge in [-0.25, -0.2) is 0 Å². The molecule has 0 heterocycles. The molecule has 0 unspecified atom stereocenters. The van der Waals surface area contributed by atoms with Gasteiger partial charge in [0, 0.05) is 10.7 Å². The molecule has 72 valence electrons. The highest BCUT2D eigenvalue weighted by Crippen LogP contribution is 2.27. The molecule has 0 spiro atoms. The summed E-state index contributed by atoms with van der Waals surface area (Å²) in [6.45, 7) is 0. The molecule has 0 atom stereocenters. The maximum atomic E-state index is 10.9. The zero-order chi connectivity index (χ0) is 10.2. The van der Waals surface area contributed by atoms with E-state index in [1.54, 1.807) is 6.07 Å². The van der Waals surface area contributed by atoms with Gasteiger partial charge in [-0.1, -0.05) is 0 Å². The van der Waals surface area contributed by atoms with Crippen molar-refractivity contribution in [3.8, 4) is 0 Å². The van der Waals surface area contributed by atoms with E-state index in [4.69, 9.17) is 4.55 Å². The molecule has 1 rings (SSSR count). The van der Waals surface area contributed by atoms with Crippen molar-refractivity contribution in [1.82, 2.24) is 0 Å². The van der Waals surface area contributed by atoms with Gasteiger partial charge in [-0.3, -0.25) is 4.55 Å². The third-order valence-corrected chi connectivity index (χ3v) is 7.74. The van der Waals surface area contributed by atoms with Crippen molar-refractivity contribution in [2.24, 2.45) is 0 Å². The van der Waals surface area contributed by atoms with E-state index in [1.807, 2.05) is 45.2 Å². The van der Waals surface area contributed by atoms with Gasteiger partial charge >= 0.3 is 0 Å². The third kappa shape index (κ3) is 2.89. The Labute approximate surface area is 117 Å². The predicted molar refractivity (Wildman–Crippen MR) is 74.4 cm³/mol. The quantitative estimate of drug-likeness (QED) is 0.342. The average molecular weight is 536 g/mol. The topological polar surface area (TPSA) is 54.4 Å². The second-order valence-corrected chi connectivity index (χ2v) is 6.86. The number of hydrogen-bond donors (Lipinski definition) is 1. The van der Waals surface area contributed by atoms with Crippen LogP contribution in [0.4, 0.5) is 0 Å². The molecule has 0 aliphatic heterocycles. The van der Waals surface area contributed by atoms with E-state index < -0.39 is 10.1 Å². The van der Waals surface area contributed by atoms with Crippen molar-refractivity contribution in [3.05, 3.63) is 22.8 Å². The van der Waals surface area contributed by atoms with Gasteiger partial charge < -0.3 is 0 Å². The van der Waals surface area contributed by atoms with Crippen LogP contribution in [0.2, 0.25) is 0 Å². The zero-order valence-corrected chi connectivity index (χ0v) is 13.2. The molecule has 0 aliphatic carbocycles. The summed E-state index contributed by atoms with van der Waals surface area (Å²) in [5, 5.41) is 0. The summed E-state index contributed by atoms with van der Waals surface area (Å²) in [6.07, 6.45) is 0. The molecule has 0 fully saturated rings. The van der Waals surface area contributed by atoms with Crippen LogP contribution in [0.1, 0.15) is 0 Å². The van der Waals surface area contributed by atoms with Gasteiger partial charge in [-0.2, -0.15) is 8.42 Å². The number of benzene rings is 1. The minimum atomic E-state index is -4.09. The molecular formula is C6H3I3O3S. The normalized spacial score (nSPS) is 11.7. The summed E-state index contributed by atoms with van der Waals surface area (Å²) < 4.78 is 32.9. The second-order valence-electron chi connectivity index (χ2n) is 2.15. The van der Waals surface area contributed by atoms with Gasteiger partial charge in [-0.05, 0) is 79.9 Å². The highest BCUT2D eigenvalue weighted by atomic mass is 127. The maximum Gasteiger partial charge on any atom is 0.295 e. The molecule has 0 saturated heterocycles. The highest BCUT2D eigenvalue weighted by molar-refractivity contribution is 14.1. The standard InChI is InChI=1S/C6H3I3O3S/c7-3-1-2-4(13(10,11)12)6(9)5(3)8/h1-2H,(H,10,11,12). The summed E-state index contributed by atoms with van der Waals surface area (Å²) in [6, 6.07) is 3.06. The Balaban J connectivity index is 3.53. The fraction of sp³-hybridized carbons (Fsp3) is 0. The SMILES string of the molecule is O=S(=O)(O)c1ccc(I)c(I)c1I. The first-order valence-corrected chi connectivity index (χ1v) is 7.62. The molecule has 0 bridgehead atoms. The fourth-order valence-corrected chi connectivity index (χ4v) is 4.20. The Morgan fingerprint density at radius 2 is 1.62 bits per heavy atom. The average Bonchev–Trinajstić information content (AvgIpc) is 1.98. The van der Waals surface area contributed by atoms with Crippen molar-refractivity contribution < 1.29 is 13.0 Å². The van der Waals surface area contributed by atoms with E-state index in [2.05, 4.69) is 22.6 Å². The van der Waals surface area contributed by atoms with Crippen LogP contribution in [0, 0.1) is 10.7 Å². The van der Waals surface area contributed by atoms with Crippen molar-refractivity contribution >= 4 is 77.9 Å². The lowest BCUT2D eigenvalue weighted by molar-refractivity contribution is 0.482. The van der Waals surface area contributed by atoms with Gasteiger partial charge in [0.15, 0.2) is 0 Å². The van der Waals surface area contributed by atoms with Crippen LogP contribution >= 0.6 is 67.8 Å². The Morgan fingerprint density at radius 1 is 1.08 bits per heavy atom. The van der Waals surface area contributed by atoms with Gasteiger partial charge in [0.25, 0.3) is 10.1 Å². The van der Waals surface area contributed by atoms with Crippen LogP contribution in [0.5, 0.6) is 0 Å². The monoisotopic (exact) mass is 536 g/mol. The number of rotatable bonds is 1. The Hall–Kier alpha value is 1.32. The smallest absolute Gasteiger partial charge is 0.282 e. The molecule has 0 aliphatic rings. The summed E-state index contributed by atoms with van der Waals surface area (Å²) >= 11 is 6.05. The van der Waals surface area contributed by atoms with E-state index in [-0.39, 0.29) is 4.90 Å². The van der Waals surface area contributed by atoms with Crippen LogP contribution in [0.25, 0.3) is 0 Å². The fourth-order valence-electron chi connectivity index (χ4n) is 0.707. The van der Waals surface area contributed by atoms with Crippen LogP contribution in [0.15, 0.2) is 17.0 Å². The lowest BCUT2D eigenvalue weighted by Gasteiger charge is -2.04. The molecule has 1 aromatic rings. The van der Waals surface area contributed by atoms with Gasteiger partial charge in [0.2, 0.25) is 0 Å². The van der Waals surface area contributed by atoms with Crippen molar-refractivity contribution in [2.75, 3.05) is 0 Å². The van der Waals surface area contributed by atoms with Crippen molar-refractivity contribution in [2.45, 2.75) is 4.90 Å². The van der Waals surface area contributed by atoms with Crippen molar-refractivity contribution in [3.63, 3.8) is 0 Å². The number of hydrogen-bond acceptors (Lipinski definition) is 2. The first-order chi connectivity index (χ1) is 5.84. The van der Waals surface area contributed by atoms with Crippen LogP contribution in [-0.4, -0.2) is 13.0 Å². The minimum Gasteiger partial charge on any atom is -0.282 e. The molecule has 0 saturated carbocycles. The molecule has 0 aromatic heterocycles. The molecule has 13 heavy (non-hydrogen) atoms. The van der Waals surface area contributed by atoms with E-state index in [0.29, 0.717) is 3.57 Å². The lowest BCUT2D eigenvalue weighted by atomic mass is 10.4. The van der Waals surface area contributed by atoms with Gasteiger partial charge in [0.1, 0.15) is 4.90 Å². The lowest BCUT2D eigenvalue weighted by Crippen LogP contribution is -2.03. The molecule has 0 radical (unpaired) electrons. The molecule has 7 heteroatoms. The molecule has 3 nitrogen and oxygen atoms in total. The molecule has 1 aromatic carbocycles. The highest BCUT2D eigenvalue weighted by Gasteiger charge is 2.16. The van der Waals surface area contributed by atoms with Crippen LogP contribution in [0.3, 0.4) is 0 Å². The molecule has 1 N–H and O–H groups in total. The number of halogens is 3. The van der Waals surface area contributed by atoms with Gasteiger partial charge in [-0.15, -0.1) is 0 Å². The summed E-state index contributed by atoms with van der Waals surface area (Å²) in [5.41, 5.74) is 0. The van der Waals surface area contributed by atoms with E-state index in [1.165, 1.54) is 6.07 Å². The first-order valence-electron chi connectivity index (χ1n) is 2.95. The van der Waals surface area contributed by atoms with Crippen LogP contribution < -0.4 is 0 Å². The van der Waals surface area contributed by atoms with E-state index >= 15 is 0 Å². The minimum absolute atomic E-state index is 0.0297. The molecular weight excluding hydrogens is 533 g/mol. The Kier molecular flexibility index (Phi) is 4.24. The van der Waals surface area contributed by atoms with E-state index in [0.717, 1.165) is 7.14 Å². The zero-order valence-electron chi connectivity index (χ0n) is 5.96. The predicted octanol–water partition coefficient (Wildman–Crippen LogP) is 2.75. The first kappa shape index (κ1) is 12.4. The van der Waals surface area contributed by atoms with E-state index in [9.17, 15) is 8.42 Å². The third-order valence-electron chi connectivity index (χ3n) is 1.28. The van der Waals surface area contributed by atoms with Crippen LogP contribution in [-0.2, 0) is 10.1 Å². The maximum absolute atomic E-state index is 10.9. The summed E-state index contributed by atoms with van der Waals surface area (Å²) in [7, 11) is -4.09. The summed E-state index contributed by atoms with van der Waals surface area (Å²) in [5.74, 6) is 0. The van der Waals surface area contributed by atoms with Crippen molar-refractivity contribution in [1.29, 1.82) is 0 Å². The summed E-state index contributed by atoms with van der Waals surface area (Å²) in [4.78, 5) is -0.0297.